The van der Waals surface area contributed by atoms with Crippen LogP contribution in [0, 0.1) is 15.9 Å². The van der Waals surface area contributed by atoms with Crippen LogP contribution in [0.1, 0.15) is 35.7 Å². The maximum Gasteiger partial charge on any atom is 0.311 e. The van der Waals surface area contributed by atoms with Gasteiger partial charge in [0, 0.05) is 22.2 Å². The molecule has 4 nitrogen and oxygen atoms in total. The molecule has 1 aliphatic rings. The molecule has 0 aliphatic carbocycles. The maximum absolute atomic E-state index is 12.6. The molecule has 1 fully saturated rings. The normalized spacial score (nSPS) is 22.6. The molecule has 0 aromatic heterocycles. The van der Waals surface area contributed by atoms with E-state index in [-0.39, 0.29) is 12.5 Å². The molecule has 0 spiro atoms. The van der Waals surface area contributed by atoms with E-state index in [0.29, 0.717) is 18.5 Å². The Bertz CT molecular complexity index is 558. The number of carboxylic acids is 1. The number of halogens is 1. The van der Waals surface area contributed by atoms with Crippen molar-refractivity contribution in [3.8, 4) is 0 Å². The summed E-state index contributed by atoms with van der Waals surface area (Å²) in [5, 5.41) is 9.33. The van der Waals surface area contributed by atoms with Gasteiger partial charge in [0.2, 0.25) is 0 Å². The molecule has 1 aromatic rings. The number of carbonyl (C=O) groups is 2. The van der Waals surface area contributed by atoms with Gasteiger partial charge in [-0.15, -0.1) is 0 Å². The van der Waals surface area contributed by atoms with Crippen LogP contribution in [0.5, 0.6) is 0 Å². The Balaban J connectivity index is 2.25. The summed E-state index contributed by atoms with van der Waals surface area (Å²) >= 11 is 2.21. The van der Waals surface area contributed by atoms with E-state index in [1.807, 2.05) is 25.1 Å². The van der Waals surface area contributed by atoms with Crippen molar-refractivity contribution >= 4 is 34.5 Å². The molecule has 1 heterocycles. The Morgan fingerprint density at radius 1 is 1.40 bits per heavy atom. The van der Waals surface area contributed by atoms with Crippen LogP contribution in [0.25, 0.3) is 0 Å². The molecule has 1 unspecified atom stereocenters. The first-order valence-corrected chi connectivity index (χ1v) is 7.71. The molecular formula is C15H18INO3. The molecule has 1 atom stereocenters. The Morgan fingerprint density at radius 3 is 2.75 bits per heavy atom. The lowest BCUT2D eigenvalue weighted by Crippen LogP contribution is -2.48. The van der Waals surface area contributed by atoms with Crippen LogP contribution in [0.4, 0.5) is 0 Å². The zero-order valence-electron chi connectivity index (χ0n) is 11.6. The molecule has 1 saturated heterocycles. The number of amides is 1. The van der Waals surface area contributed by atoms with Crippen molar-refractivity contribution in [1.82, 2.24) is 4.90 Å². The van der Waals surface area contributed by atoms with E-state index in [0.717, 1.165) is 15.6 Å². The molecule has 2 rings (SSSR count). The highest BCUT2D eigenvalue weighted by Gasteiger charge is 2.39. The quantitative estimate of drug-likeness (QED) is 0.794. The molecule has 1 aromatic carbocycles. The number of hydrogen-bond donors (Lipinski definition) is 1. The molecule has 0 bridgehead atoms. The van der Waals surface area contributed by atoms with E-state index in [2.05, 4.69) is 22.6 Å². The van der Waals surface area contributed by atoms with Gasteiger partial charge >= 0.3 is 5.97 Å². The fourth-order valence-electron chi connectivity index (χ4n) is 2.60. The molecule has 0 saturated carbocycles. The molecular weight excluding hydrogens is 369 g/mol. The lowest BCUT2D eigenvalue weighted by molar-refractivity contribution is -0.150. The Labute approximate surface area is 132 Å². The molecule has 5 heteroatoms. The van der Waals surface area contributed by atoms with Crippen molar-refractivity contribution in [2.24, 2.45) is 5.41 Å². The summed E-state index contributed by atoms with van der Waals surface area (Å²) in [4.78, 5) is 25.7. The Kier molecular flexibility index (Phi) is 4.36. The summed E-state index contributed by atoms with van der Waals surface area (Å²) in [6.07, 6.45) is 1.36. The van der Waals surface area contributed by atoms with Gasteiger partial charge in [-0.25, -0.2) is 0 Å². The zero-order valence-corrected chi connectivity index (χ0v) is 13.8. The van der Waals surface area contributed by atoms with Crippen molar-refractivity contribution in [1.29, 1.82) is 0 Å². The topological polar surface area (TPSA) is 57.6 Å². The molecule has 108 valence electrons. The number of hydrogen-bond acceptors (Lipinski definition) is 2. The van der Waals surface area contributed by atoms with Crippen molar-refractivity contribution in [2.45, 2.75) is 26.7 Å². The van der Waals surface area contributed by atoms with Gasteiger partial charge in [-0.1, -0.05) is 6.07 Å². The highest BCUT2D eigenvalue weighted by molar-refractivity contribution is 14.1. The third-order valence-electron chi connectivity index (χ3n) is 4.00. The molecule has 1 N–H and O–H groups in total. The van der Waals surface area contributed by atoms with Crippen LogP contribution in [0.15, 0.2) is 18.2 Å². The second-order valence-corrected chi connectivity index (χ2v) is 6.77. The fraction of sp³-hybridized carbons (Fsp3) is 0.467. The minimum atomic E-state index is -0.830. The number of rotatable bonds is 2. The number of carboxylic acid groups (broad SMARTS) is 1. The van der Waals surface area contributed by atoms with Gasteiger partial charge < -0.3 is 10.0 Å². The van der Waals surface area contributed by atoms with E-state index in [1.165, 1.54) is 0 Å². The minimum absolute atomic E-state index is 0.0619. The van der Waals surface area contributed by atoms with E-state index in [4.69, 9.17) is 0 Å². The fourth-order valence-corrected chi connectivity index (χ4v) is 3.10. The highest BCUT2D eigenvalue weighted by Crippen LogP contribution is 2.31. The number of nitrogens with zero attached hydrogens (tertiary/aromatic N) is 1. The first kappa shape index (κ1) is 15.3. The van der Waals surface area contributed by atoms with Gasteiger partial charge in [-0.05, 0) is 67.0 Å². The van der Waals surface area contributed by atoms with Crippen molar-refractivity contribution in [3.63, 3.8) is 0 Å². The van der Waals surface area contributed by atoms with Crippen LogP contribution in [-0.4, -0.2) is 35.0 Å². The Hall–Kier alpha value is -1.11. The summed E-state index contributed by atoms with van der Waals surface area (Å²) in [6, 6.07) is 5.64. The predicted molar refractivity (Wildman–Crippen MR) is 84.8 cm³/mol. The molecule has 1 amide bonds. The SMILES string of the molecule is Cc1c(I)cccc1C(=O)N1CCCC(C)(C(=O)O)C1. The third kappa shape index (κ3) is 2.82. The van der Waals surface area contributed by atoms with E-state index >= 15 is 0 Å². The first-order valence-electron chi connectivity index (χ1n) is 6.63. The largest absolute Gasteiger partial charge is 0.481 e. The van der Waals surface area contributed by atoms with Gasteiger partial charge in [0.25, 0.3) is 5.91 Å². The summed E-state index contributed by atoms with van der Waals surface area (Å²) in [5.41, 5.74) is 0.802. The van der Waals surface area contributed by atoms with Crippen molar-refractivity contribution in [3.05, 3.63) is 32.9 Å². The summed E-state index contributed by atoms with van der Waals surface area (Å²) in [6.45, 7) is 4.56. The summed E-state index contributed by atoms with van der Waals surface area (Å²) in [5.74, 6) is -0.887. The van der Waals surface area contributed by atoms with Crippen LogP contribution in [-0.2, 0) is 4.79 Å². The second kappa shape index (κ2) is 5.71. The molecule has 20 heavy (non-hydrogen) atoms. The zero-order chi connectivity index (χ0) is 14.9. The van der Waals surface area contributed by atoms with Crippen LogP contribution < -0.4 is 0 Å². The molecule has 0 radical (unpaired) electrons. The monoisotopic (exact) mass is 387 g/mol. The number of likely N-dealkylation sites (tertiary alicyclic amines) is 1. The average molecular weight is 387 g/mol. The smallest absolute Gasteiger partial charge is 0.311 e. The number of aliphatic carboxylic acids is 1. The summed E-state index contributed by atoms with van der Waals surface area (Å²) in [7, 11) is 0. The van der Waals surface area contributed by atoms with Crippen LogP contribution in [0.3, 0.4) is 0 Å². The average Bonchev–Trinajstić information content (AvgIpc) is 2.41. The minimum Gasteiger partial charge on any atom is -0.481 e. The highest BCUT2D eigenvalue weighted by atomic mass is 127. The standard InChI is InChI=1S/C15H18INO3/c1-10-11(5-3-6-12(10)16)13(18)17-8-4-7-15(2,9-17)14(19)20/h3,5-6H,4,7-9H2,1-2H3,(H,19,20). The first-order chi connectivity index (χ1) is 9.35. The van der Waals surface area contributed by atoms with Crippen LogP contribution in [0.2, 0.25) is 0 Å². The predicted octanol–water partition coefficient (Wildman–Crippen LogP) is 2.93. The molecule has 1 aliphatic heterocycles. The van der Waals surface area contributed by atoms with Gasteiger partial charge in [-0.3, -0.25) is 9.59 Å². The third-order valence-corrected chi connectivity index (χ3v) is 5.17. The number of carbonyl (C=O) groups excluding carboxylic acids is 1. The van der Waals surface area contributed by atoms with Crippen LogP contribution >= 0.6 is 22.6 Å². The van der Waals surface area contributed by atoms with Gasteiger partial charge in [0.05, 0.1) is 5.41 Å². The van der Waals surface area contributed by atoms with Gasteiger partial charge in [-0.2, -0.15) is 0 Å². The Morgan fingerprint density at radius 2 is 2.10 bits per heavy atom. The maximum atomic E-state index is 12.6. The lowest BCUT2D eigenvalue weighted by Gasteiger charge is -2.37. The van der Waals surface area contributed by atoms with E-state index in [1.54, 1.807) is 11.8 Å². The van der Waals surface area contributed by atoms with Gasteiger partial charge in [0.1, 0.15) is 0 Å². The second-order valence-electron chi connectivity index (χ2n) is 5.61. The summed E-state index contributed by atoms with van der Waals surface area (Å²) < 4.78 is 1.05. The van der Waals surface area contributed by atoms with Crippen molar-refractivity contribution in [2.75, 3.05) is 13.1 Å². The number of benzene rings is 1. The van der Waals surface area contributed by atoms with Crippen molar-refractivity contribution < 1.29 is 14.7 Å². The van der Waals surface area contributed by atoms with E-state index < -0.39 is 11.4 Å². The van der Waals surface area contributed by atoms with Gasteiger partial charge in [0.15, 0.2) is 0 Å². The lowest BCUT2D eigenvalue weighted by atomic mass is 9.82. The van der Waals surface area contributed by atoms with E-state index in [9.17, 15) is 14.7 Å². The number of piperidine rings is 1.